The molecule has 3 nitrogen and oxygen atoms in total. The van der Waals surface area contributed by atoms with Crippen LogP contribution >= 0.6 is 22.6 Å². The Morgan fingerprint density at radius 1 is 1.12 bits per heavy atom. The molecular formula is C12H11IN2O. The Morgan fingerprint density at radius 3 is 2.44 bits per heavy atom. The SMILES string of the molecule is NCc1ccc(Oc2ccc(I)cc2)nc1. The number of rotatable bonds is 3. The molecule has 0 aliphatic heterocycles. The van der Waals surface area contributed by atoms with Crippen molar-refractivity contribution in [2.75, 3.05) is 0 Å². The fraction of sp³-hybridized carbons (Fsp3) is 0.0833. The summed E-state index contributed by atoms with van der Waals surface area (Å²) in [5.74, 6) is 1.37. The Labute approximate surface area is 108 Å². The normalized spacial score (nSPS) is 10.1. The van der Waals surface area contributed by atoms with Crippen molar-refractivity contribution < 1.29 is 4.74 Å². The molecule has 0 bridgehead atoms. The van der Waals surface area contributed by atoms with Gasteiger partial charge in [0.2, 0.25) is 5.88 Å². The van der Waals surface area contributed by atoms with Crippen molar-refractivity contribution in [3.05, 3.63) is 51.7 Å². The van der Waals surface area contributed by atoms with Crippen LogP contribution in [-0.4, -0.2) is 4.98 Å². The first-order valence-corrected chi connectivity index (χ1v) is 5.94. The van der Waals surface area contributed by atoms with E-state index in [4.69, 9.17) is 10.5 Å². The van der Waals surface area contributed by atoms with E-state index < -0.39 is 0 Å². The van der Waals surface area contributed by atoms with E-state index in [0.717, 1.165) is 11.3 Å². The molecule has 0 unspecified atom stereocenters. The summed E-state index contributed by atoms with van der Waals surface area (Å²) in [5, 5.41) is 0. The maximum absolute atomic E-state index is 5.58. The molecule has 16 heavy (non-hydrogen) atoms. The van der Waals surface area contributed by atoms with E-state index in [0.29, 0.717) is 12.4 Å². The van der Waals surface area contributed by atoms with Crippen LogP contribution < -0.4 is 10.5 Å². The van der Waals surface area contributed by atoms with Crippen LogP contribution in [0.25, 0.3) is 0 Å². The second-order valence-corrected chi connectivity index (χ2v) is 4.51. The summed E-state index contributed by atoms with van der Waals surface area (Å²) in [7, 11) is 0. The highest BCUT2D eigenvalue weighted by atomic mass is 127. The third-order valence-corrected chi connectivity index (χ3v) is 2.79. The van der Waals surface area contributed by atoms with Crippen LogP contribution in [0, 0.1) is 3.57 Å². The second-order valence-electron chi connectivity index (χ2n) is 3.26. The van der Waals surface area contributed by atoms with Gasteiger partial charge in [-0.2, -0.15) is 0 Å². The van der Waals surface area contributed by atoms with Gasteiger partial charge in [0.05, 0.1) is 0 Å². The van der Waals surface area contributed by atoms with Crippen LogP contribution in [0.3, 0.4) is 0 Å². The predicted octanol–water partition coefficient (Wildman–Crippen LogP) is 2.94. The zero-order valence-corrected chi connectivity index (χ0v) is 10.7. The van der Waals surface area contributed by atoms with Crippen molar-refractivity contribution >= 4 is 22.6 Å². The molecule has 0 atom stereocenters. The molecule has 4 heteroatoms. The van der Waals surface area contributed by atoms with Crippen LogP contribution in [0.1, 0.15) is 5.56 Å². The summed E-state index contributed by atoms with van der Waals surface area (Å²) in [6, 6.07) is 11.5. The Bertz CT molecular complexity index is 453. The Hall–Kier alpha value is -1.14. The van der Waals surface area contributed by atoms with Gasteiger partial charge < -0.3 is 10.5 Å². The average Bonchev–Trinajstić information content (AvgIpc) is 2.33. The molecule has 0 spiro atoms. The standard InChI is InChI=1S/C12H11IN2O/c13-10-2-4-11(5-3-10)16-12-6-1-9(7-14)8-15-12/h1-6,8H,7,14H2. The third-order valence-electron chi connectivity index (χ3n) is 2.07. The van der Waals surface area contributed by atoms with Crippen molar-refractivity contribution in [1.29, 1.82) is 0 Å². The fourth-order valence-corrected chi connectivity index (χ4v) is 1.58. The number of benzene rings is 1. The van der Waals surface area contributed by atoms with Gasteiger partial charge in [0, 0.05) is 22.4 Å². The van der Waals surface area contributed by atoms with Crippen molar-refractivity contribution in [2.24, 2.45) is 5.73 Å². The molecule has 0 aliphatic rings. The minimum Gasteiger partial charge on any atom is -0.439 e. The first-order chi connectivity index (χ1) is 7.78. The fourth-order valence-electron chi connectivity index (χ4n) is 1.22. The van der Waals surface area contributed by atoms with Gasteiger partial charge in [-0.05, 0) is 52.4 Å². The lowest BCUT2D eigenvalue weighted by Gasteiger charge is -2.04. The number of hydrogen-bond donors (Lipinski definition) is 1. The molecule has 1 aromatic heterocycles. The molecule has 0 aliphatic carbocycles. The molecule has 1 aromatic carbocycles. The minimum absolute atomic E-state index is 0.497. The van der Waals surface area contributed by atoms with Gasteiger partial charge in [0.15, 0.2) is 0 Å². The highest BCUT2D eigenvalue weighted by molar-refractivity contribution is 14.1. The summed E-state index contributed by atoms with van der Waals surface area (Å²) in [6.07, 6.45) is 1.72. The van der Waals surface area contributed by atoms with Gasteiger partial charge in [-0.25, -0.2) is 4.98 Å². The molecule has 82 valence electrons. The summed E-state index contributed by atoms with van der Waals surface area (Å²) < 4.78 is 6.75. The van der Waals surface area contributed by atoms with E-state index in [1.165, 1.54) is 3.57 Å². The van der Waals surface area contributed by atoms with Crippen molar-refractivity contribution in [2.45, 2.75) is 6.54 Å². The number of hydrogen-bond acceptors (Lipinski definition) is 3. The maximum Gasteiger partial charge on any atom is 0.219 e. The zero-order chi connectivity index (χ0) is 11.4. The first kappa shape index (κ1) is 11.3. The summed E-state index contributed by atoms with van der Waals surface area (Å²) in [6.45, 7) is 0.497. The Kier molecular flexibility index (Phi) is 3.74. The van der Waals surface area contributed by atoms with Crippen LogP contribution in [-0.2, 0) is 6.54 Å². The number of ether oxygens (including phenoxy) is 1. The van der Waals surface area contributed by atoms with Gasteiger partial charge in [-0.3, -0.25) is 0 Å². The molecule has 1 heterocycles. The smallest absolute Gasteiger partial charge is 0.219 e. The van der Waals surface area contributed by atoms with Gasteiger partial charge >= 0.3 is 0 Å². The Morgan fingerprint density at radius 2 is 1.88 bits per heavy atom. The van der Waals surface area contributed by atoms with Crippen LogP contribution in [0.4, 0.5) is 0 Å². The minimum atomic E-state index is 0.497. The number of aromatic nitrogens is 1. The van der Waals surface area contributed by atoms with Gasteiger partial charge in [0.25, 0.3) is 0 Å². The van der Waals surface area contributed by atoms with Gasteiger partial charge in [-0.15, -0.1) is 0 Å². The lowest BCUT2D eigenvalue weighted by Crippen LogP contribution is -1.97. The van der Waals surface area contributed by atoms with E-state index >= 15 is 0 Å². The maximum atomic E-state index is 5.58. The second kappa shape index (κ2) is 5.27. The molecule has 0 amide bonds. The molecule has 0 radical (unpaired) electrons. The zero-order valence-electron chi connectivity index (χ0n) is 8.56. The van der Waals surface area contributed by atoms with E-state index in [9.17, 15) is 0 Å². The van der Waals surface area contributed by atoms with Crippen LogP contribution in [0.15, 0.2) is 42.6 Å². The largest absolute Gasteiger partial charge is 0.439 e. The molecule has 2 rings (SSSR count). The third kappa shape index (κ3) is 2.93. The highest BCUT2D eigenvalue weighted by Gasteiger charge is 1.98. The van der Waals surface area contributed by atoms with Gasteiger partial charge in [-0.1, -0.05) is 6.07 Å². The van der Waals surface area contributed by atoms with Crippen LogP contribution in [0.2, 0.25) is 0 Å². The molecule has 2 aromatic rings. The highest BCUT2D eigenvalue weighted by Crippen LogP contribution is 2.20. The van der Waals surface area contributed by atoms with Crippen LogP contribution in [0.5, 0.6) is 11.6 Å². The van der Waals surface area contributed by atoms with Crippen molar-refractivity contribution in [3.63, 3.8) is 0 Å². The summed E-state index contributed by atoms with van der Waals surface area (Å²) in [5.41, 5.74) is 6.48. The molecule has 0 saturated heterocycles. The van der Waals surface area contributed by atoms with E-state index in [1.54, 1.807) is 6.20 Å². The molecule has 2 N–H and O–H groups in total. The Balaban J connectivity index is 2.11. The lowest BCUT2D eigenvalue weighted by molar-refractivity contribution is 0.462. The number of nitrogens with two attached hydrogens (primary N) is 1. The summed E-state index contributed by atoms with van der Waals surface area (Å²) >= 11 is 2.25. The van der Waals surface area contributed by atoms with Gasteiger partial charge in [0.1, 0.15) is 5.75 Å². The van der Waals surface area contributed by atoms with E-state index in [-0.39, 0.29) is 0 Å². The number of halogens is 1. The van der Waals surface area contributed by atoms with E-state index in [1.807, 2.05) is 36.4 Å². The van der Waals surface area contributed by atoms with E-state index in [2.05, 4.69) is 27.6 Å². The number of nitrogens with zero attached hydrogens (tertiary/aromatic N) is 1. The van der Waals surface area contributed by atoms with Crippen molar-refractivity contribution in [3.8, 4) is 11.6 Å². The number of pyridine rings is 1. The molecule has 0 saturated carbocycles. The topological polar surface area (TPSA) is 48.1 Å². The predicted molar refractivity (Wildman–Crippen MR) is 71.4 cm³/mol. The first-order valence-electron chi connectivity index (χ1n) is 4.86. The lowest BCUT2D eigenvalue weighted by atomic mass is 10.3. The average molecular weight is 326 g/mol. The van der Waals surface area contributed by atoms with Crippen molar-refractivity contribution in [1.82, 2.24) is 4.98 Å². The quantitative estimate of drug-likeness (QED) is 0.883. The molecule has 0 fully saturated rings. The monoisotopic (exact) mass is 326 g/mol. The molecular weight excluding hydrogens is 315 g/mol. The summed E-state index contributed by atoms with van der Waals surface area (Å²) in [4.78, 5) is 4.16.